The van der Waals surface area contributed by atoms with Crippen molar-refractivity contribution in [3.63, 3.8) is 0 Å². The predicted molar refractivity (Wildman–Crippen MR) is 244 cm³/mol. The Bertz CT molecular complexity index is 2480. The van der Waals surface area contributed by atoms with E-state index in [0.717, 1.165) is 73.0 Å². The highest BCUT2D eigenvalue weighted by molar-refractivity contribution is 5.68. The number of aliphatic hydroxyl groups excluding tert-OH is 1. The van der Waals surface area contributed by atoms with Crippen molar-refractivity contribution in [1.29, 1.82) is 0 Å². The zero-order chi connectivity index (χ0) is 43.9. The lowest BCUT2D eigenvalue weighted by molar-refractivity contribution is 0.0621. The quantitative estimate of drug-likeness (QED) is 0.142. The molecule has 0 radical (unpaired) electrons. The Labute approximate surface area is 369 Å². The van der Waals surface area contributed by atoms with Crippen LogP contribution in [-0.2, 0) is 42.0 Å². The molecule has 0 aromatic heterocycles. The molecule has 4 aromatic carbocycles. The van der Waals surface area contributed by atoms with Gasteiger partial charge in [0.05, 0.1) is 13.2 Å². The zero-order valence-electron chi connectivity index (χ0n) is 39.3. The van der Waals surface area contributed by atoms with Crippen LogP contribution in [0, 0.1) is 27.7 Å². The molecule has 7 nitrogen and oxygen atoms in total. The van der Waals surface area contributed by atoms with Crippen molar-refractivity contribution in [2.45, 2.75) is 160 Å². The number of ether oxygens (including phenoxy) is 6. The van der Waals surface area contributed by atoms with E-state index in [-0.39, 0.29) is 57.9 Å². The molecule has 62 heavy (non-hydrogen) atoms. The molecule has 2 spiro atoms. The van der Waals surface area contributed by atoms with Crippen molar-refractivity contribution in [3.8, 4) is 23.0 Å². The number of benzene rings is 4. The summed E-state index contributed by atoms with van der Waals surface area (Å²) < 4.78 is 37.1. The van der Waals surface area contributed by atoms with Gasteiger partial charge in [0.2, 0.25) is 0 Å². The largest absolute Gasteiger partial charge is 0.491 e. The summed E-state index contributed by atoms with van der Waals surface area (Å²) in [5.41, 5.74) is 15.3. The molecule has 10 rings (SSSR count). The molecule has 330 valence electrons. The average molecular weight is 841 g/mol. The van der Waals surface area contributed by atoms with Crippen LogP contribution in [0.5, 0.6) is 23.0 Å². The van der Waals surface area contributed by atoms with Crippen LogP contribution in [0.25, 0.3) is 0 Å². The van der Waals surface area contributed by atoms with E-state index in [4.69, 9.17) is 28.4 Å². The first kappa shape index (κ1) is 41.9. The highest BCUT2D eigenvalue weighted by Gasteiger charge is 2.59. The van der Waals surface area contributed by atoms with Crippen molar-refractivity contribution in [3.05, 3.63) is 115 Å². The van der Waals surface area contributed by atoms with Crippen LogP contribution in [0.3, 0.4) is 0 Å². The zero-order valence-corrected chi connectivity index (χ0v) is 39.3. The summed E-state index contributed by atoms with van der Waals surface area (Å²) in [5.74, 6) is 3.60. The fourth-order valence-electron chi connectivity index (χ4n) is 13.4. The van der Waals surface area contributed by atoms with Gasteiger partial charge in [0.1, 0.15) is 67.7 Å². The summed E-state index contributed by atoms with van der Waals surface area (Å²) in [6, 6.07) is 18.1. The van der Waals surface area contributed by atoms with Gasteiger partial charge in [-0.2, -0.15) is 0 Å². The summed E-state index contributed by atoms with van der Waals surface area (Å²) >= 11 is 0. The summed E-state index contributed by atoms with van der Waals surface area (Å²) in [4.78, 5) is 0. The Hall–Kier alpha value is -4.04. The fraction of sp³-hybridized carbons (Fsp3) is 0.564. The highest BCUT2D eigenvalue weighted by Crippen LogP contribution is 2.67. The summed E-state index contributed by atoms with van der Waals surface area (Å²) in [6.45, 7) is 30.9. The molecule has 2 heterocycles. The standard InChI is InChI=1S/C55H68O7/c1-31-17-42-49(46(18-31)62-26-37-24-58-37)55(30-53(42,11)12)29-51(7,8)39-14-15-43(34(4)48(39)55)59-21-35(56)22-60-45-20-40-41(19-32(45)2)54(28-52(40,9)10)27-50(5,6)38-13-16-44(33(3)47(38)54)61-25-36-23-57-36/h13-20,35-37,56H,21-30H2,1-12H3. The van der Waals surface area contributed by atoms with Gasteiger partial charge in [-0.15, -0.1) is 0 Å². The maximum atomic E-state index is 11.5. The predicted octanol–water partition coefficient (Wildman–Crippen LogP) is 10.6. The second-order valence-corrected chi connectivity index (χ2v) is 22.8. The fourth-order valence-corrected chi connectivity index (χ4v) is 13.4. The van der Waals surface area contributed by atoms with Crippen molar-refractivity contribution < 1.29 is 33.5 Å². The van der Waals surface area contributed by atoms with Gasteiger partial charge in [0, 0.05) is 16.4 Å². The van der Waals surface area contributed by atoms with Crippen LogP contribution in [0.15, 0.2) is 48.5 Å². The van der Waals surface area contributed by atoms with E-state index in [1.807, 2.05) is 0 Å². The van der Waals surface area contributed by atoms with Crippen LogP contribution in [0.2, 0.25) is 0 Å². The van der Waals surface area contributed by atoms with Crippen molar-refractivity contribution in [1.82, 2.24) is 0 Å². The van der Waals surface area contributed by atoms with Gasteiger partial charge >= 0.3 is 0 Å². The molecule has 5 unspecified atom stereocenters. The van der Waals surface area contributed by atoms with E-state index >= 15 is 0 Å². The highest BCUT2D eigenvalue weighted by atomic mass is 16.6. The Morgan fingerprint density at radius 3 is 1.55 bits per heavy atom. The van der Waals surface area contributed by atoms with Gasteiger partial charge in [0.25, 0.3) is 0 Å². The van der Waals surface area contributed by atoms with Crippen LogP contribution >= 0.6 is 0 Å². The Morgan fingerprint density at radius 2 is 0.984 bits per heavy atom. The third kappa shape index (κ3) is 6.61. The van der Waals surface area contributed by atoms with Crippen molar-refractivity contribution >= 4 is 0 Å². The molecule has 2 aliphatic heterocycles. The number of aliphatic hydroxyl groups is 1. The summed E-state index contributed by atoms with van der Waals surface area (Å²) in [5, 5.41) is 11.5. The molecule has 4 aliphatic carbocycles. The number of hydrogen-bond donors (Lipinski definition) is 1. The van der Waals surface area contributed by atoms with Crippen LogP contribution in [-0.4, -0.2) is 63.1 Å². The maximum Gasteiger partial charge on any atom is 0.124 e. The third-order valence-electron chi connectivity index (χ3n) is 15.8. The lowest BCUT2D eigenvalue weighted by Crippen LogP contribution is -2.28. The molecule has 2 saturated heterocycles. The number of fused-ring (bicyclic) bond motifs is 8. The van der Waals surface area contributed by atoms with Crippen LogP contribution in [0.4, 0.5) is 0 Å². The normalized spacial score (nSPS) is 27.4. The minimum absolute atomic E-state index is 0.0249. The lowest BCUT2D eigenvalue weighted by atomic mass is 9.71. The summed E-state index contributed by atoms with van der Waals surface area (Å²) in [6.07, 6.45) is 3.64. The van der Waals surface area contributed by atoms with Gasteiger partial charge in [-0.25, -0.2) is 0 Å². The molecule has 4 aromatic rings. The molecule has 5 atom stereocenters. The van der Waals surface area contributed by atoms with Gasteiger partial charge in [-0.3, -0.25) is 0 Å². The second kappa shape index (κ2) is 14.0. The van der Waals surface area contributed by atoms with Crippen molar-refractivity contribution in [2.24, 2.45) is 0 Å². The molecule has 2 fully saturated rings. The summed E-state index contributed by atoms with van der Waals surface area (Å²) in [7, 11) is 0. The van der Waals surface area contributed by atoms with E-state index in [2.05, 4.69) is 132 Å². The number of epoxide rings is 2. The third-order valence-corrected chi connectivity index (χ3v) is 15.8. The first-order valence-electron chi connectivity index (χ1n) is 23.2. The minimum atomic E-state index is -0.816. The average Bonchev–Trinajstić information content (AvgIpc) is 4.11. The molecule has 0 saturated carbocycles. The van der Waals surface area contributed by atoms with E-state index in [9.17, 15) is 5.11 Å². The number of hydrogen-bond acceptors (Lipinski definition) is 7. The topological polar surface area (TPSA) is 82.2 Å². The van der Waals surface area contributed by atoms with Crippen LogP contribution < -0.4 is 18.9 Å². The molecular formula is C55H68O7. The van der Waals surface area contributed by atoms with Gasteiger partial charge in [-0.1, -0.05) is 79.7 Å². The minimum Gasteiger partial charge on any atom is -0.491 e. The first-order valence-corrected chi connectivity index (χ1v) is 23.2. The van der Waals surface area contributed by atoms with Gasteiger partial charge in [0.15, 0.2) is 0 Å². The lowest BCUT2D eigenvalue weighted by Gasteiger charge is -2.32. The molecule has 0 bridgehead atoms. The Morgan fingerprint density at radius 1 is 0.516 bits per heavy atom. The van der Waals surface area contributed by atoms with Crippen LogP contribution in [0.1, 0.15) is 148 Å². The van der Waals surface area contributed by atoms with E-state index in [1.54, 1.807) is 0 Å². The molecule has 7 heteroatoms. The monoisotopic (exact) mass is 840 g/mol. The molecule has 6 aliphatic rings. The number of aryl methyl sites for hydroxylation is 2. The van der Waals surface area contributed by atoms with Crippen molar-refractivity contribution in [2.75, 3.05) is 39.6 Å². The van der Waals surface area contributed by atoms with Gasteiger partial charge in [-0.05, 0) is 161 Å². The smallest absolute Gasteiger partial charge is 0.124 e. The van der Waals surface area contributed by atoms with Gasteiger partial charge < -0.3 is 33.5 Å². The molecule has 0 amide bonds. The number of rotatable bonds is 12. The first-order chi connectivity index (χ1) is 29.2. The molecular weight excluding hydrogens is 773 g/mol. The van der Waals surface area contributed by atoms with E-state index in [0.29, 0.717) is 13.2 Å². The molecule has 1 N–H and O–H groups in total. The van der Waals surface area contributed by atoms with E-state index < -0.39 is 6.10 Å². The maximum absolute atomic E-state index is 11.5. The SMILES string of the molecule is Cc1cc(OCC2CO2)c2c(c1)C(C)(C)CC21CC(C)(C)c2ccc(OCC(O)COc3cc4c(cc3C)C3(CC4(C)C)CC(C)(C)c4ccc(OCC5CO5)c(C)c43)c(C)c21. The second-order valence-electron chi connectivity index (χ2n) is 22.8. The Balaban J connectivity index is 0.898. The van der Waals surface area contributed by atoms with E-state index in [1.165, 1.54) is 55.6 Å². The Kier molecular flexibility index (Phi) is 9.46.